The van der Waals surface area contributed by atoms with E-state index in [1.807, 2.05) is 24.3 Å². The Morgan fingerprint density at radius 1 is 0.340 bits per heavy atom. The first kappa shape index (κ1) is 61.1. The van der Waals surface area contributed by atoms with Crippen LogP contribution in [0.2, 0.25) is 0 Å². The largest absolute Gasteiger partial charge is 0.310 e. The Bertz CT molecular complexity index is 5630. The summed E-state index contributed by atoms with van der Waals surface area (Å²) >= 11 is 0. The van der Waals surface area contributed by atoms with Gasteiger partial charge >= 0.3 is 0 Å². The van der Waals surface area contributed by atoms with E-state index >= 15 is 0 Å². The lowest BCUT2D eigenvalue weighted by Crippen LogP contribution is -2.61. The van der Waals surface area contributed by atoms with Gasteiger partial charge in [0, 0.05) is 61.5 Å². The first-order valence-electron chi connectivity index (χ1n) is 34.5. The average Bonchev–Trinajstić information content (AvgIpc) is 0.771. The minimum absolute atomic E-state index is 0.0798. The van der Waals surface area contributed by atoms with Crippen molar-refractivity contribution >= 4 is 84.7 Å². The monoisotopic (exact) mass is 1280 g/mol. The number of hydrogen-bond acceptors (Lipinski definition) is 3. The van der Waals surface area contributed by atoms with Crippen molar-refractivity contribution in [2.24, 2.45) is 0 Å². The molecule has 15 aromatic rings. The van der Waals surface area contributed by atoms with E-state index < -0.39 is 0 Å². The molecule has 6 heteroatoms. The summed E-state index contributed by atoms with van der Waals surface area (Å²) in [5.41, 5.74) is 31.7. The molecular weight excluding hydrogens is 1210 g/mol. The van der Waals surface area contributed by atoms with Crippen LogP contribution >= 0.6 is 0 Å². The fourth-order valence-corrected chi connectivity index (χ4v) is 15.5. The summed E-state index contributed by atoms with van der Waals surface area (Å²) in [7, 11) is 0. The molecule has 5 nitrogen and oxygen atoms in total. The van der Waals surface area contributed by atoms with Crippen LogP contribution in [0, 0.1) is 17.9 Å². The van der Waals surface area contributed by atoms with E-state index in [4.69, 9.17) is 6.57 Å². The van der Waals surface area contributed by atoms with Crippen LogP contribution in [-0.4, -0.2) is 11.3 Å². The third kappa shape index (κ3) is 10.5. The molecule has 0 saturated carbocycles. The molecule has 1 aromatic heterocycles. The summed E-state index contributed by atoms with van der Waals surface area (Å²) in [6.45, 7) is 21.6. The Morgan fingerprint density at radius 2 is 0.770 bits per heavy atom. The molecule has 2 aliphatic rings. The highest BCUT2D eigenvalue weighted by Crippen LogP contribution is 2.56. The van der Waals surface area contributed by atoms with E-state index in [1.165, 1.54) is 43.9 Å². The van der Waals surface area contributed by atoms with E-state index in [9.17, 15) is 5.26 Å². The maximum atomic E-state index is 10.1. The molecule has 0 spiro atoms. The Morgan fingerprint density at radius 3 is 1.24 bits per heavy atom. The molecule has 0 atom stereocenters. The second-order valence-electron chi connectivity index (χ2n) is 28.7. The van der Waals surface area contributed by atoms with Crippen LogP contribution in [0.15, 0.2) is 315 Å². The van der Waals surface area contributed by atoms with Gasteiger partial charge in [0.15, 0.2) is 5.69 Å². The van der Waals surface area contributed by atoms with Gasteiger partial charge in [-0.15, -0.1) is 0 Å². The fourth-order valence-electron chi connectivity index (χ4n) is 15.5. The van der Waals surface area contributed by atoms with Crippen LogP contribution in [0.4, 0.5) is 39.8 Å². The van der Waals surface area contributed by atoms with E-state index in [0.29, 0.717) is 11.3 Å². The van der Waals surface area contributed by atoms with Gasteiger partial charge in [0.05, 0.1) is 40.6 Å². The van der Waals surface area contributed by atoms with Crippen molar-refractivity contribution in [3.63, 3.8) is 0 Å². The molecule has 2 aliphatic heterocycles. The molecule has 474 valence electrons. The van der Waals surface area contributed by atoms with Gasteiger partial charge in [0.1, 0.15) is 0 Å². The standard InChI is InChI=1S/C94H70BN5/c1-93(2,3)72-34-24-33-68(51-72)69-45-50-86-83(56-69)95-82-49-48-75(98-84-37-22-20-35-76(84)77-36-21-23-38-85(77)98)59-87(82)100(92-80(66-29-16-10-17-30-66)54-71(63-43-46-74(97-7)47-44-63)55-81(92)67-31-18-11-19-32-67)89-58-73(94(4,5)6)57-88(90(89)95)99(86)91-78(64-25-12-8-13-26-64)52-70(62-41-39-61(60-96)40-42-62)53-79(91)65-27-14-9-15-28-65/h8-59H,1-6H3. The zero-order chi connectivity index (χ0) is 68.0. The van der Waals surface area contributed by atoms with Crippen LogP contribution in [0.1, 0.15) is 58.2 Å². The zero-order valence-electron chi connectivity index (χ0n) is 56.8. The molecule has 0 unspecified atom stereocenters. The minimum Gasteiger partial charge on any atom is -0.310 e. The Balaban J connectivity index is 1.06. The number of fused-ring (bicyclic) bond motifs is 7. The van der Waals surface area contributed by atoms with Gasteiger partial charge in [-0.25, -0.2) is 4.85 Å². The predicted octanol–water partition coefficient (Wildman–Crippen LogP) is 23.6. The highest BCUT2D eigenvalue weighted by molar-refractivity contribution is 7.00. The van der Waals surface area contributed by atoms with Gasteiger partial charge in [0.2, 0.25) is 0 Å². The molecule has 17 rings (SSSR count). The number of rotatable bonds is 10. The number of para-hydroxylation sites is 2. The van der Waals surface area contributed by atoms with E-state index in [2.05, 4.69) is 358 Å². The van der Waals surface area contributed by atoms with Crippen LogP contribution in [0.5, 0.6) is 0 Å². The second-order valence-corrected chi connectivity index (χ2v) is 28.7. The molecule has 0 aliphatic carbocycles. The van der Waals surface area contributed by atoms with Crippen LogP contribution < -0.4 is 26.2 Å². The maximum Gasteiger partial charge on any atom is 0.252 e. The highest BCUT2D eigenvalue weighted by Gasteiger charge is 2.46. The molecule has 0 saturated heterocycles. The van der Waals surface area contributed by atoms with Gasteiger partial charge in [-0.2, -0.15) is 5.26 Å². The molecule has 0 bridgehead atoms. The van der Waals surface area contributed by atoms with Gasteiger partial charge in [-0.3, -0.25) is 0 Å². The molecule has 0 N–H and O–H groups in total. The van der Waals surface area contributed by atoms with Crippen molar-refractivity contribution in [3.8, 4) is 89.6 Å². The maximum absolute atomic E-state index is 10.1. The molecule has 0 fully saturated rings. The van der Waals surface area contributed by atoms with Crippen molar-refractivity contribution in [3.05, 3.63) is 344 Å². The summed E-state index contributed by atoms with van der Waals surface area (Å²) in [5, 5.41) is 12.5. The lowest BCUT2D eigenvalue weighted by Gasteiger charge is -2.46. The molecule has 3 heterocycles. The van der Waals surface area contributed by atoms with Gasteiger partial charge in [-0.1, -0.05) is 278 Å². The predicted molar refractivity (Wildman–Crippen MR) is 421 cm³/mol. The molecule has 0 radical (unpaired) electrons. The minimum atomic E-state index is -0.360. The first-order chi connectivity index (χ1) is 48.8. The molecule has 100 heavy (non-hydrogen) atoms. The molecule has 0 amide bonds. The van der Waals surface area contributed by atoms with Crippen LogP contribution in [0.25, 0.3) is 110 Å². The van der Waals surface area contributed by atoms with Gasteiger partial charge in [0.25, 0.3) is 6.71 Å². The molecular formula is C94H70BN5. The lowest BCUT2D eigenvalue weighted by molar-refractivity contribution is 0.590. The summed E-state index contributed by atoms with van der Waals surface area (Å²) in [6, 6.07) is 118. The Kier molecular flexibility index (Phi) is 14.8. The Hall–Kier alpha value is -12.5. The van der Waals surface area contributed by atoms with Crippen LogP contribution in [-0.2, 0) is 10.8 Å². The SMILES string of the molecule is [C-]#[N+]c1ccc(-c2cc(-c3ccccc3)c(N3c4cc(-n5c6ccccc6c6ccccc65)ccc4B4c5cc(-c6cccc(C(C)(C)C)c6)ccc5N(c5c(-c6ccccc6)cc(-c6ccc(C#N)cc6)cc5-c5ccccc5)c5cc(C(C)(C)C)cc3c54)c(-c3ccccc3)c2)cc1. The number of nitriles is 1. The number of aromatic nitrogens is 1. The number of nitrogens with zero attached hydrogens (tertiary/aromatic N) is 5. The summed E-state index contributed by atoms with van der Waals surface area (Å²) in [4.78, 5) is 9.13. The zero-order valence-corrected chi connectivity index (χ0v) is 56.8. The number of benzene rings is 14. The van der Waals surface area contributed by atoms with Crippen molar-refractivity contribution in [1.82, 2.24) is 4.57 Å². The summed E-state index contributed by atoms with van der Waals surface area (Å²) < 4.78 is 2.47. The van der Waals surface area contributed by atoms with Crippen molar-refractivity contribution < 1.29 is 0 Å². The number of anilines is 6. The van der Waals surface area contributed by atoms with E-state index in [1.54, 1.807) is 0 Å². The van der Waals surface area contributed by atoms with Crippen molar-refractivity contribution in [1.29, 1.82) is 5.26 Å². The summed E-state index contributed by atoms with van der Waals surface area (Å²) in [6.07, 6.45) is 0. The van der Waals surface area contributed by atoms with Crippen molar-refractivity contribution in [2.75, 3.05) is 9.80 Å². The van der Waals surface area contributed by atoms with Crippen LogP contribution in [0.3, 0.4) is 0 Å². The fraction of sp³-hybridized carbons (Fsp3) is 0.0851. The normalized spacial score (nSPS) is 12.4. The third-order valence-corrected chi connectivity index (χ3v) is 20.5. The quantitative estimate of drug-likeness (QED) is 0.101. The van der Waals surface area contributed by atoms with Gasteiger partial charge in [-0.05, 0) is 173 Å². The molecule has 14 aromatic carbocycles. The Labute approximate surface area is 586 Å². The highest BCUT2D eigenvalue weighted by atomic mass is 15.2. The van der Waals surface area contributed by atoms with E-state index in [-0.39, 0.29) is 17.5 Å². The second kappa shape index (κ2) is 24.3. The smallest absolute Gasteiger partial charge is 0.252 e. The number of hydrogen-bond donors (Lipinski definition) is 0. The average molecular weight is 1280 g/mol. The third-order valence-electron chi connectivity index (χ3n) is 20.5. The van der Waals surface area contributed by atoms with Gasteiger partial charge < -0.3 is 14.4 Å². The first-order valence-corrected chi connectivity index (χ1v) is 34.5. The summed E-state index contributed by atoms with van der Waals surface area (Å²) in [5.74, 6) is 0. The topological polar surface area (TPSA) is 39.6 Å². The van der Waals surface area contributed by atoms with Crippen molar-refractivity contribution in [2.45, 2.75) is 52.4 Å². The van der Waals surface area contributed by atoms with E-state index in [0.717, 1.165) is 123 Å². The lowest BCUT2D eigenvalue weighted by atomic mass is 9.33.